The Kier molecular flexibility index (Phi) is 6.78. The summed E-state index contributed by atoms with van der Waals surface area (Å²) < 4.78 is 27.8. The normalized spacial score (nSPS) is 11.8. The molecule has 0 bridgehead atoms. The molecule has 0 aromatic heterocycles. The Balaban J connectivity index is 2.17. The first-order valence-electron chi connectivity index (χ1n) is 8.83. The summed E-state index contributed by atoms with van der Waals surface area (Å²) in [5.41, 5.74) is 0.423. The van der Waals surface area contributed by atoms with Gasteiger partial charge in [-0.25, -0.2) is 8.78 Å². The number of benzene rings is 2. The van der Waals surface area contributed by atoms with Crippen molar-refractivity contribution < 1.29 is 18.4 Å². The Bertz CT molecular complexity index is 965. The lowest BCUT2D eigenvalue weighted by molar-refractivity contribution is -0.126. The molecule has 2 rings (SSSR count). The number of nitrogens with one attached hydrogen (secondary N) is 3. The van der Waals surface area contributed by atoms with Crippen LogP contribution in [0.2, 0.25) is 0 Å². The van der Waals surface area contributed by atoms with Gasteiger partial charge in [0.05, 0.1) is 11.6 Å². The van der Waals surface area contributed by atoms with Crippen LogP contribution in [0, 0.1) is 22.7 Å². The van der Waals surface area contributed by atoms with Crippen molar-refractivity contribution in [2.75, 3.05) is 10.6 Å². The van der Waals surface area contributed by atoms with Gasteiger partial charge in [0, 0.05) is 29.1 Å². The number of rotatable bonds is 7. The van der Waals surface area contributed by atoms with E-state index in [1.165, 1.54) is 56.3 Å². The first-order chi connectivity index (χ1) is 13.7. The molecule has 1 atom stereocenters. The molecule has 1 unspecified atom stereocenters. The van der Waals surface area contributed by atoms with Gasteiger partial charge in [0.25, 0.3) is 5.92 Å². The van der Waals surface area contributed by atoms with Crippen molar-refractivity contribution in [3.8, 4) is 6.07 Å². The summed E-state index contributed by atoms with van der Waals surface area (Å²) in [4.78, 5) is 25.1. The highest BCUT2D eigenvalue weighted by atomic mass is 19.3. The molecule has 0 spiro atoms. The molecule has 150 valence electrons. The van der Waals surface area contributed by atoms with Crippen molar-refractivity contribution in [2.24, 2.45) is 5.92 Å². The minimum atomic E-state index is -3.04. The minimum absolute atomic E-state index is 0.109. The lowest BCUT2D eigenvalue weighted by Crippen LogP contribution is -2.38. The third kappa shape index (κ3) is 5.45. The maximum atomic E-state index is 13.9. The van der Waals surface area contributed by atoms with Crippen LogP contribution in [0.5, 0.6) is 0 Å². The summed E-state index contributed by atoms with van der Waals surface area (Å²) in [5, 5.41) is 21.5. The summed E-state index contributed by atoms with van der Waals surface area (Å²) in [6.45, 7) is 2.66. The van der Waals surface area contributed by atoms with Crippen molar-refractivity contribution in [1.82, 2.24) is 0 Å². The zero-order valence-electron chi connectivity index (χ0n) is 15.9. The predicted molar refractivity (Wildman–Crippen MR) is 106 cm³/mol. The number of nitrogens with zero attached hydrogens (tertiary/aromatic N) is 1. The molecule has 2 aromatic carbocycles. The summed E-state index contributed by atoms with van der Waals surface area (Å²) >= 11 is 0. The average Bonchev–Trinajstić information content (AvgIpc) is 2.68. The number of halogens is 2. The standard InChI is InChI=1S/C21H20F2N4O2/c1-3-21(22,23)15-5-4-6-17(11-15)27-20(29)18(13(2)25)19(28)26-16-9-7-14(12-24)8-10-16/h4-11,18,25H,3H2,1-2H3,(H,26,28)(H,27,29). The van der Waals surface area contributed by atoms with E-state index in [2.05, 4.69) is 10.6 Å². The van der Waals surface area contributed by atoms with E-state index in [0.717, 1.165) is 6.07 Å². The molecule has 0 fully saturated rings. The van der Waals surface area contributed by atoms with Crippen LogP contribution in [-0.2, 0) is 15.5 Å². The van der Waals surface area contributed by atoms with Crippen LogP contribution in [0.4, 0.5) is 20.2 Å². The van der Waals surface area contributed by atoms with Crippen molar-refractivity contribution in [2.45, 2.75) is 26.2 Å². The molecule has 0 radical (unpaired) electrons. The maximum absolute atomic E-state index is 13.9. The zero-order valence-corrected chi connectivity index (χ0v) is 15.9. The first kappa shape index (κ1) is 21.7. The molecule has 0 saturated carbocycles. The highest BCUT2D eigenvalue weighted by Crippen LogP contribution is 2.32. The number of hydrogen-bond acceptors (Lipinski definition) is 4. The smallest absolute Gasteiger partial charge is 0.273 e. The number of nitriles is 1. The van der Waals surface area contributed by atoms with E-state index in [4.69, 9.17) is 10.7 Å². The average molecular weight is 398 g/mol. The molecule has 0 heterocycles. The van der Waals surface area contributed by atoms with Crippen LogP contribution < -0.4 is 10.6 Å². The molecule has 0 aliphatic heterocycles. The summed E-state index contributed by atoms with van der Waals surface area (Å²) in [6, 6.07) is 13.2. The van der Waals surface area contributed by atoms with Crippen molar-refractivity contribution in [1.29, 1.82) is 10.7 Å². The molecule has 8 heteroatoms. The van der Waals surface area contributed by atoms with Crippen LogP contribution in [0.15, 0.2) is 48.5 Å². The second-order valence-corrected chi connectivity index (χ2v) is 6.42. The molecule has 0 aliphatic rings. The number of hydrogen-bond donors (Lipinski definition) is 3. The van der Waals surface area contributed by atoms with E-state index >= 15 is 0 Å². The van der Waals surface area contributed by atoms with Gasteiger partial charge in [-0.1, -0.05) is 19.1 Å². The molecule has 2 aromatic rings. The van der Waals surface area contributed by atoms with Gasteiger partial charge in [-0.2, -0.15) is 5.26 Å². The highest BCUT2D eigenvalue weighted by molar-refractivity contribution is 6.24. The molecule has 3 N–H and O–H groups in total. The summed E-state index contributed by atoms with van der Waals surface area (Å²) in [6.07, 6.45) is -0.389. The minimum Gasteiger partial charge on any atom is -0.325 e. The molecule has 0 aliphatic carbocycles. The Morgan fingerprint density at radius 1 is 1.10 bits per heavy atom. The van der Waals surface area contributed by atoms with Crippen LogP contribution in [0.1, 0.15) is 31.4 Å². The fraction of sp³-hybridized carbons (Fsp3) is 0.238. The molecule has 2 amide bonds. The monoisotopic (exact) mass is 398 g/mol. The number of amides is 2. The molecular weight excluding hydrogens is 378 g/mol. The Labute approximate surface area is 167 Å². The Morgan fingerprint density at radius 3 is 2.21 bits per heavy atom. The van der Waals surface area contributed by atoms with Gasteiger partial charge in [0.1, 0.15) is 0 Å². The quantitative estimate of drug-likeness (QED) is 0.478. The Hall–Kier alpha value is -3.60. The van der Waals surface area contributed by atoms with Crippen LogP contribution in [0.3, 0.4) is 0 Å². The topological polar surface area (TPSA) is 106 Å². The zero-order chi connectivity index (χ0) is 21.6. The van der Waals surface area contributed by atoms with Gasteiger partial charge in [0.15, 0.2) is 5.92 Å². The number of alkyl halides is 2. The van der Waals surface area contributed by atoms with Crippen LogP contribution in [0.25, 0.3) is 0 Å². The van der Waals surface area contributed by atoms with E-state index in [1.54, 1.807) is 0 Å². The van der Waals surface area contributed by atoms with Crippen LogP contribution in [-0.4, -0.2) is 17.5 Å². The van der Waals surface area contributed by atoms with Gasteiger partial charge in [-0.15, -0.1) is 0 Å². The van der Waals surface area contributed by atoms with E-state index in [-0.39, 0.29) is 23.4 Å². The van der Waals surface area contributed by atoms with Crippen molar-refractivity contribution in [3.63, 3.8) is 0 Å². The summed E-state index contributed by atoms with van der Waals surface area (Å²) in [7, 11) is 0. The molecular formula is C21H20F2N4O2. The second kappa shape index (κ2) is 9.06. The molecule has 6 nitrogen and oxygen atoms in total. The van der Waals surface area contributed by atoms with E-state index < -0.39 is 23.7 Å². The fourth-order valence-corrected chi connectivity index (χ4v) is 2.60. The predicted octanol–water partition coefficient (Wildman–Crippen LogP) is 4.29. The van der Waals surface area contributed by atoms with E-state index in [9.17, 15) is 18.4 Å². The van der Waals surface area contributed by atoms with Crippen LogP contribution >= 0.6 is 0 Å². The molecule has 0 saturated heterocycles. The van der Waals surface area contributed by atoms with Gasteiger partial charge < -0.3 is 16.0 Å². The highest BCUT2D eigenvalue weighted by Gasteiger charge is 2.31. The van der Waals surface area contributed by atoms with Crippen molar-refractivity contribution in [3.05, 3.63) is 59.7 Å². The number of carbonyl (C=O) groups is 2. The van der Waals surface area contributed by atoms with Gasteiger partial charge in [-0.05, 0) is 43.3 Å². The van der Waals surface area contributed by atoms with Crippen molar-refractivity contribution >= 4 is 28.9 Å². The SMILES string of the molecule is CCC(F)(F)c1cccc(NC(=O)C(C(C)=N)C(=O)Nc2ccc(C#N)cc2)c1. The fourth-order valence-electron chi connectivity index (χ4n) is 2.60. The maximum Gasteiger partial charge on any atom is 0.273 e. The van der Waals surface area contributed by atoms with Gasteiger partial charge in [-0.3, -0.25) is 9.59 Å². The van der Waals surface area contributed by atoms with Gasteiger partial charge in [0.2, 0.25) is 11.8 Å². The van der Waals surface area contributed by atoms with E-state index in [0.29, 0.717) is 11.3 Å². The number of carbonyl (C=O) groups excluding carboxylic acids is 2. The van der Waals surface area contributed by atoms with E-state index in [1.807, 2.05) is 6.07 Å². The molecule has 29 heavy (non-hydrogen) atoms. The Morgan fingerprint density at radius 2 is 1.69 bits per heavy atom. The first-order valence-corrected chi connectivity index (χ1v) is 8.83. The third-order valence-corrected chi connectivity index (χ3v) is 4.24. The third-order valence-electron chi connectivity index (χ3n) is 4.24. The lowest BCUT2D eigenvalue weighted by atomic mass is 10.0. The van der Waals surface area contributed by atoms with Gasteiger partial charge >= 0.3 is 0 Å². The lowest BCUT2D eigenvalue weighted by Gasteiger charge is -2.18. The number of anilines is 2. The second-order valence-electron chi connectivity index (χ2n) is 6.42. The largest absolute Gasteiger partial charge is 0.325 e. The summed E-state index contributed by atoms with van der Waals surface area (Å²) in [5.74, 6) is -6.03.